The van der Waals surface area contributed by atoms with Crippen molar-refractivity contribution in [3.8, 4) is 6.07 Å². The molecular formula is C29H48N4O3. The summed E-state index contributed by atoms with van der Waals surface area (Å²) in [6, 6.07) is 3.02. The number of likely N-dealkylation sites (tertiary alicyclic amines) is 1. The number of rotatable bonds is 8. The number of hydrogen-bond acceptors (Lipinski definition) is 5. The van der Waals surface area contributed by atoms with Crippen molar-refractivity contribution in [3.05, 3.63) is 0 Å². The van der Waals surface area contributed by atoms with Crippen LogP contribution < -0.4 is 5.32 Å². The number of nitrogens with zero attached hydrogens (tertiary/aromatic N) is 3. The van der Waals surface area contributed by atoms with Crippen molar-refractivity contribution in [2.45, 2.75) is 102 Å². The van der Waals surface area contributed by atoms with Gasteiger partial charge in [0, 0.05) is 44.6 Å². The van der Waals surface area contributed by atoms with E-state index in [1.165, 1.54) is 44.9 Å². The Bertz CT molecular complexity index is 776. The highest BCUT2D eigenvalue weighted by atomic mass is 16.5. The molecule has 36 heavy (non-hydrogen) atoms. The molecule has 202 valence electrons. The Balaban J connectivity index is 1.37. The molecule has 2 atom stereocenters. The predicted octanol–water partition coefficient (Wildman–Crippen LogP) is 4.12. The van der Waals surface area contributed by atoms with Crippen molar-refractivity contribution < 1.29 is 14.3 Å². The third kappa shape index (κ3) is 7.01. The molecule has 1 N–H and O–H groups in total. The SMILES string of the molecule is CC(C)C1CCC(N2CC[C@@](C#N)(NC(=O)[C@@H](CC(=O)N3CCOCC3)CC3CCCCC3)C2)CC1. The Morgan fingerprint density at radius 3 is 2.36 bits per heavy atom. The molecule has 2 saturated carbocycles. The highest BCUT2D eigenvalue weighted by molar-refractivity contribution is 5.86. The summed E-state index contributed by atoms with van der Waals surface area (Å²) in [7, 11) is 0. The number of hydrogen-bond donors (Lipinski definition) is 1. The number of ether oxygens (including phenoxy) is 1. The first-order valence-corrected chi connectivity index (χ1v) is 14.7. The molecule has 0 unspecified atom stereocenters. The maximum Gasteiger partial charge on any atom is 0.224 e. The van der Waals surface area contributed by atoms with Crippen LogP contribution in [0.5, 0.6) is 0 Å². The maximum atomic E-state index is 13.7. The topological polar surface area (TPSA) is 85.7 Å². The summed E-state index contributed by atoms with van der Waals surface area (Å²) in [5.41, 5.74) is -0.835. The smallest absolute Gasteiger partial charge is 0.224 e. The molecule has 2 saturated heterocycles. The first kappa shape index (κ1) is 27.4. The number of amides is 2. The minimum Gasteiger partial charge on any atom is -0.378 e. The maximum absolute atomic E-state index is 13.7. The van der Waals surface area contributed by atoms with Gasteiger partial charge in [0.05, 0.1) is 19.3 Å². The summed E-state index contributed by atoms with van der Waals surface area (Å²) in [6.07, 6.45) is 12.6. The van der Waals surface area contributed by atoms with Crippen LogP contribution in [0.1, 0.15) is 90.9 Å². The molecular weight excluding hydrogens is 452 g/mol. The van der Waals surface area contributed by atoms with Crippen molar-refractivity contribution in [2.75, 3.05) is 39.4 Å². The lowest BCUT2D eigenvalue weighted by molar-refractivity contribution is -0.140. The zero-order valence-electron chi connectivity index (χ0n) is 22.7. The summed E-state index contributed by atoms with van der Waals surface area (Å²) in [4.78, 5) is 31.1. The number of carbonyl (C=O) groups is 2. The van der Waals surface area contributed by atoms with E-state index in [1.807, 2.05) is 4.90 Å². The monoisotopic (exact) mass is 500 g/mol. The van der Waals surface area contributed by atoms with Gasteiger partial charge in [-0.1, -0.05) is 46.0 Å². The zero-order chi connectivity index (χ0) is 25.5. The average molecular weight is 501 g/mol. The van der Waals surface area contributed by atoms with Crippen LogP contribution >= 0.6 is 0 Å². The summed E-state index contributed by atoms with van der Waals surface area (Å²) in [6.45, 7) is 8.47. The highest BCUT2D eigenvalue weighted by Gasteiger charge is 2.44. The van der Waals surface area contributed by atoms with Crippen molar-refractivity contribution in [3.63, 3.8) is 0 Å². The highest BCUT2D eigenvalue weighted by Crippen LogP contribution is 2.36. The molecule has 4 aliphatic rings. The van der Waals surface area contributed by atoms with Crippen LogP contribution in [0, 0.1) is 35.0 Å². The second kappa shape index (κ2) is 12.7. The fourth-order valence-electron chi connectivity index (χ4n) is 7.10. The van der Waals surface area contributed by atoms with Gasteiger partial charge in [0.2, 0.25) is 11.8 Å². The molecule has 0 aromatic rings. The first-order valence-electron chi connectivity index (χ1n) is 14.7. The minimum absolute atomic E-state index is 0.0511. The molecule has 2 aliphatic carbocycles. The molecule has 0 bridgehead atoms. The van der Waals surface area contributed by atoms with Crippen LogP contribution in [0.4, 0.5) is 0 Å². The van der Waals surface area contributed by atoms with Crippen LogP contribution in [0.15, 0.2) is 0 Å². The molecule has 4 fully saturated rings. The van der Waals surface area contributed by atoms with Gasteiger partial charge in [0.25, 0.3) is 0 Å². The third-order valence-corrected chi connectivity index (χ3v) is 9.57. The van der Waals surface area contributed by atoms with Crippen LogP contribution in [-0.4, -0.2) is 72.6 Å². The Morgan fingerprint density at radius 2 is 1.72 bits per heavy atom. The number of nitrogens with one attached hydrogen (secondary N) is 1. The summed E-state index contributed by atoms with van der Waals surface area (Å²) >= 11 is 0. The molecule has 0 spiro atoms. The zero-order valence-corrected chi connectivity index (χ0v) is 22.7. The second-order valence-corrected chi connectivity index (χ2v) is 12.4. The van der Waals surface area contributed by atoms with Gasteiger partial charge in [0.15, 0.2) is 0 Å². The Kier molecular flexibility index (Phi) is 9.69. The summed E-state index contributed by atoms with van der Waals surface area (Å²) in [5, 5.41) is 13.4. The van der Waals surface area contributed by atoms with Gasteiger partial charge >= 0.3 is 0 Å². The largest absolute Gasteiger partial charge is 0.378 e. The van der Waals surface area contributed by atoms with Crippen molar-refractivity contribution in [1.29, 1.82) is 5.26 Å². The molecule has 0 aromatic heterocycles. The van der Waals surface area contributed by atoms with E-state index in [9.17, 15) is 14.9 Å². The van der Waals surface area contributed by atoms with E-state index in [2.05, 4.69) is 30.1 Å². The van der Waals surface area contributed by atoms with Gasteiger partial charge in [-0.25, -0.2) is 0 Å². The van der Waals surface area contributed by atoms with E-state index in [-0.39, 0.29) is 24.2 Å². The summed E-state index contributed by atoms with van der Waals surface area (Å²) in [5.74, 6) is 1.66. The third-order valence-electron chi connectivity index (χ3n) is 9.57. The summed E-state index contributed by atoms with van der Waals surface area (Å²) < 4.78 is 5.40. The first-order chi connectivity index (χ1) is 17.4. The van der Waals surface area contributed by atoms with Crippen LogP contribution in [-0.2, 0) is 14.3 Å². The quantitative estimate of drug-likeness (QED) is 0.542. The van der Waals surface area contributed by atoms with Crippen LogP contribution in [0.2, 0.25) is 0 Å². The van der Waals surface area contributed by atoms with Gasteiger partial charge in [0.1, 0.15) is 5.54 Å². The van der Waals surface area contributed by atoms with Crippen LogP contribution in [0.25, 0.3) is 0 Å². The Morgan fingerprint density at radius 1 is 1.03 bits per heavy atom. The van der Waals surface area contributed by atoms with Gasteiger partial charge in [-0.3, -0.25) is 14.5 Å². The Labute approximate surface area is 218 Å². The molecule has 2 amide bonds. The van der Waals surface area contributed by atoms with Crippen LogP contribution in [0.3, 0.4) is 0 Å². The van der Waals surface area contributed by atoms with E-state index < -0.39 is 5.54 Å². The van der Waals surface area contributed by atoms with Crippen molar-refractivity contribution in [2.24, 2.45) is 23.7 Å². The van der Waals surface area contributed by atoms with E-state index >= 15 is 0 Å². The molecule has 2 heterocycles. The number of morpholine rings is 1. The van der Waals surface area contributed by atoms with Gasteiger partial charge in [-0.05, 0) is 56.3 Å². The van der Waals surface area contributed by atoms with E-state index in [1.54, 1.807) is 0 Å². The molecule has 7 nitrogen and oxygen atoms in total. The van der Waals surface area contributed by atoms with Gasteiger partial charge < -0.3 is 15.0 Å². The lowest BCUT2D eigenvalue weighted by Crippen LogP contribution is -2.53. The fraction of sp³-hybridized carbons (Fsp3) is 0.897. The molecule has 2 aliphatic heterocycles. The normalized spacial score (nSPS) is 31.2. The number of nitriles is 1. The van der Waals surface area contributed by atoms with E-state index in [0.717, 1.165) is 37.6 Å². The molecule has 0 aromatic carbocycles. The van der Waals surface area contributed by atoms with Gasteiger partial charge in [-0.15, -0.1) is 0 Å². The van der Waals surface area contributed by atoms with Crippen molar-refractivity contribution >= 4 is 11.8 Å². The van der Waals surface area contributed by atoms with E-state index in [4.69, 9.17) is 4.74 Å². The molecule has 0 radical (unpaired) electrons. The second-order valence-electron chi connectivity index (χ2n) is 12.4. The average Bonchev–Trinajstić information content (AvgIpc) is 3.33. The fourth-order valence-corrected chi connectivity index (χ4v) is 7.10. The Hall–Kier alpha value is -1.65. The lowest BCUT2D eigenvalue weighted by atomic mass is 9.79. The van der Waals surface area contributed by atoms with Crippen molar-refractivity contribution in [1.82, 2.24) is 15.1 Å². The molecule has 4 rings (SSSR count). The number of carbonyl (C=O) groups excluding carboxylic acids is 2. The standard InChI is InChI=1S/C29H48N4O3/c1-22(2)24-8-10-26(11-9-24)33-13-12-29(20-30,21-33)31-28(35)25(18-23-6-4-3-5-7-23)19-27(34)32-14-16-36-17-15-32/h22-26H,3-19,21H2,1-2H3,(H,31,35)/t24?,25-,26?,29+/m1/s1. The van der Waals surface area contributed by atoms with E-state index in [0.29, 0.717) is 51.2 Å². The lowest BCUT2D eigenvalue weighted by Gasteiger charge is -2.36. The minimum atomic E-state index is -0.835. The predicted molar refractivity (Wildman–Crippen MR) is 140 cm³/mol. The van der Waals surface area contributed by atoms with Gasteiger partial charge in [-0.2, -0.15) is 5.26 Å². The molecule has 7 heteroatoms.